The molecule has 0 saturated carbocycles. The van der Waals surface area contributed by atoms with Crippen molar-refractivity contribution >= 4 is 38.7 Å². The number of thioether (sulfide) groups is 1. The van der Waals surface area contributed by atoms with Gasteiger partial charge in [0.25, 0.3) is 0 Å². The Hall–Kier alpha value is -2.29. The lowest BCUT2D eigenvalue weighted by Gasteiger charge is -2.15. The Bertz CT molecular complexity index is 1170. The maximum atomic E-state index is 12.9. The maximum absolute atomic E-state index is 12.9. The first-order valence-corrected chi connectivity index (χ1v) is 13.0. The van der Waals surface area contributed by atoms with Gasteiger partial charge in [-0.1, -0.05) is 30.3 Å². The van der Waals surface area contributed by atoms with Gasteiger partial charge in [0.2, 0.25) is 10.0 Å². The summed E-state index contributed by atoms with van der Waals surface area (Å²) in [5, 5.41) is 10.5. The number of carboxylic acid groups (broad SMARTS) is 1. The molecule has 2 N–H and O–H groups in total. The standard InChI is InChI=1S/C23H25NO5S2/c25-23(26)20(12-13-30-15-16-6-2-1-3-7-16)24-31(27,28)17-10-11-19-18-8-4-5-9-21(18)29-22(19)14-17/h1-3,6-7,10-11,14,20,24H,4-5,8-9,12-13,15H2,(H,25,26)/t20-/m0/s1. The molecule has 1 heterocycles. The maximum Gasteiger partial charge on any atom is 0.321 e. The summed E-state index contributed by atoms with van der Waals surface area (Å²) >= 11 is 1.58. The lowest BCUT2D eigenvalue weighted by molar-refractivity contribution is -0.139. The Morgan fingerprint density at radius 3 is 2.68 bits per heavy atom. The number of carbonyl (C=O) groups is 1. The number of fused-ring (bicyclic) bond motifs is 3. The average Bonchev–Trinajstić information content (AvgIpc) is 3.14. The second-order valence-electron chi connectivity index (χ2n) is 7.71. The second kappa shape index (κ2) is 9.46. The average molecular weight is 460 g/mol. The van der Waals surface area contributed by atoms with Crippen molar-refractivity contribution in [2.45, 2.75) is 48.8 Å². The summed E-state index contributed by atoms with van der Waals surface area (Å²) < 4.78 is 34.0. The quantitative estimate of drug-likeness (QED) is 0.461. The zero-order valence-corrected chi connectivity index (χ0v) is 18.7. The molecule has 0 unspecified atom stereocenters. The zero-order valence-electron chi connectivity index (χ0n) is 17.0. The first kappa shape index (κ1) is 21.9. The molecule has 0 radical (unpaired) electrons. The van der Waals surface area contributed by atoms with Crippen molar-refractivity contribution < 1.29 is 22.7 Å². The van der Waals surface area contributed by atoms with E-state index in [4.69, 9.17) is 4.42 Å². The van der Waals surface area contributed by atoms with Gasteiger partial charge in [-0.05, 0) is 49.1 Å². The molecule has 0 bridgehead atoms. The van der Waals surface area contributed by atoms with Gasteiger partial charge in [-0.25, -0.2) is 8.42 Å². The van der Waals surface area contributed by atoms with E-state index in [-0.39, 0.29) is 11.3 Å². The van der Waals surface area contributed by atoms with Crippen LogP contribution in [0.2, 0.25) is 0 Å². The molecule has 3 aromatic rings. The SMILES string of the molecule is O=C(O)[C@H](CCSCc1ccccc1)NS(=O)(=O)c1ccc2c3c(oc2c1)CCCC3. The molecule has 0 aliphatic heterocycles. The van der Waals surface area contributed by atoms with Crippen molar-refractivity contribution in [2.24, 2.45) is 0 Å². The molecule has 164 valence electrons. The van der Waals surface area contributed by atoms with Gasteiger partial charge >= 0.3 is 5.97 Å². The third kappa shape index (κ3) is 5.14. The number of benzene rings is 2. The van der Waals surface area contributed by atoms with E-state index in [0.717, 1.165) is 53.7 Å². The summed E-state index contributed by atoms with van der Waals surface area (Å²) in [4.78, 5) is 11.7. The number of sulfonamides is 1. The van der Waals surface area contributed by atoms with Crippen LogP contribution in [0.3, 0.4) is 0 Å². The summed E-state index contributed by atoms with van der Waals surface area (Å²) in [6, 6.07) is 13.5. The third-order valence-electron chi connectivity index (χ3n) is 5.50. The predicted octanol–water partition coefficient (Wildman–Crippen LogP) is 4.37. The molecule has 1 aromatic heterocycles. The largest absolute Gasteiger partial charge is 0.480 e. The Morgan fingerprint density at radius 2 is 1.90 bits per heavy atom. The summed E-state index contributed by atoms with van der Waals surface area (Å²) in [5.41, 5.74) is 2.85. The lowest BCUT2D eigenvalue weighted by Crippen LogP contribution is -2.41. The van der Waals surface area contributed by atoms with E-state index in [2.05, 4.69) is 4.72 Å². The van der Waals surface area contributed by atoms with Crippen LogP contribution in [0.25, 0.3) is 11.0 Å². The molecule has 8 heteroatoms. The summed E-state index contributed by atoms with van der Waals surface area (Å²) in [7, 11) is -3.99. The van der Waals surface area contributed by atoms with E-state index < -0.39 is 22.0 Å². The molecule has 31 heavy (non-hydrogen) atoms. The summed E-state index contributed by atoms with van der Waals surface area (Å²) in [6.45, 7) is 0. The van der Waals surface area contributed by atoms with E-state index in [1.807, 2.05) is 30.3 Å². The Balaban J connectivity index is 1.43. The van der Waals surface area contributed by atoms with Crippen molar-refractivity contribution in [2.75, 3.05) is 5.75 Å². The van der Waals surface area contributed by atoms with Crippen LogP contribution in [-0.4, -0.2) is 31.3 Å². The van der Waals surface area contributed by atoms with E-state index in [1.165, 1.54) is 12.1 Å². The molecule has 1 aliphatic carbocycles. The molecule has 0 spiro atoms. The number of aryl methyl sites for hydroxylation is 2. The van der Waals surface area contributed by atoms with Crippen LogP contribution in [0.5, 0.6) is 0 Å². The predicted molar refractivity (Wildman–Crippen MR) is 122 cm³/mol. The van der Waals surface area contributed by atoms with Crippen LogP contribution in [-0.2, 0) is 33.4 Å². The highest BCUT2D eigenvalue weighted by Gasteiger charge is 2.26. The molecule has 1 atom stereocenters. The van der Waals surface area contributed by atoms with Crippen LogP contribution < -0.4 is 4.72 Å². The smallest absolute Gasteiger partial charge is 0.321 e. The fraction of sp³-hybridized carbons (Fsp3) is 0.348. The summed E-state index contributed by atoms with van der Waals surface area (Å²) in [6.07, 6.45) is 4.18. The number of hydrogen-bond acceptors (Lipinski definition) is 5. The van der Waals surface area contributed by atoms with E-state index >= 15 is 0 Å². The Morgan fingerprint density at radius 1 is 1.13 bits per heavy atom. The minimum absolute atomic E-state index is 0.0225. The number of hydrogen-bond donors (Lipinski definition) is 2. The Labute approximate surface area is 186 Å². The molecule has 6 nitrogen and oxygen atoms in total. The highest BCUT2D eigenvalue weighted by Crippen LogP contribution is 2.33. The van der Waals surface area contributed by atoms with Gasteiger partial charge in [-0.15, -0.1) is 0 Å². The van der Waals surface area contributed by atoms with Crippen molar-refractivity contribution in [1.29, 1.82) is 0 Å². The second-order valence-corrected chi connectivity index (χ2v) is 10.5. The monoisotopic (exact) mass is 459 g/mol. The fourth-order valence-electron chi connectivity index (χ4n) is 3.87. The van der Waals surface area contributed by atoms with E-state index in [1.54, 1.807) is 17.8 Å². The molecular formula is C23H25NO5S2. The number of aliphatic carboxylic acids is 1. The van der Waals surface area contributed by atoms with Gasteiger partial charge in [0, 0.05) is 29.2 Å². The van der Waals surface area contributed by atoms with Crippen LogP contribution in [0.1, 0.15) is 36.1 Å². The van der Waals surface area contributed by atoms with Crippen molar-refractivity contribution in [3.8, 4) is 0 Å². The van der Waals surface area contributed by atoms with Gasteiger partial charge in [-0.3, -0.25) is 4.79 Å². The van der Waals surface area contributed by atoms with Gasteiger partial charge < -0.3 is 9.52 Å². The van der Waals surface area contributed by atoms with Gasteiger partial charge in [-0.2, -0.15) is 16.5 Å². The van der Waals surface area contributed by atoms with Gasteiger partial charge in [0.1, 0.15) is 17.4 Å². The number of rotatable bonds is 9. The number of carboxylic acids is 1. The van der Waals surface area contributed by atoms with Crippen LogP contribution in [0, 0.1) is 0 Å². The molecular weight excluding hydrogens is 434 g/mol. The molecule has 0 amide bonds. The topological polar surface area (TPSA) is 96.6 Å². The van der Waals surface area contributed by atoms with Crippen LogP contribution in [0.15, 0.2) is 57.8 Å². The third-order valence-corrected chi connectivity index (χ3v) is 8.03. The normalized spacial score (nSPS) is 15.0. The molecule has 0 saturated heterocycles. The molecule has 4 rings (SSSR count). The highest BCUT2D eigenvalue weighted by molar-refractivity contribution is 7.98. The zero-order chi connectivity index (χ0) is 21.8. The fourth-order valence-corrected chi connectivity index (χ4v) is 6.08. The number of nitrogens with one attached hydrogen (secondary N) is 1. The lowest BCUT2D eigenvalue weighted by atomic mass is 9.96. The van der Waals surface area contributed by atoms with Crippen molar-refractivity contribution in [3.63, 3.8) is 0 Å². The highest BCUT2D eigenvalue weighted by atomic mass is 32.2. The minimum Gasteiger partial charge on any atom is -0.480 e. The first-order valence-electron chi connectivity index (χ1n) is 10.3. The van der Waals surface area contributed by atoms with Crippen LogP contribution >= 0.6 is 11.8 Å². The Kier molecular flexibility index (Phi) is 6.69. The first-order chi connectivity index (χ1) is 14.9. The molecule has 1 aliphatic rings. The van der Waals surface area contributed by atoms with E-state index in [0.29, 0.717) is 11.3 Å². The minimum atomic E-state index is -3.99. The van der Waals surface area contributed by atoms with Gasteiger partial charge in [0.15, 0.2) is 0 Å². The van der Waals surface area contributed by atoms with Gasteiger partial charge in [0.05, 0.1) is 4.90 Å². The molecule has 0 fully saturated rings. The summed E-state index contributed by atoms with van der Waals surface area (Å²) in [5.74, 6) is 1.03. The molecule has 2 aromatic carbocycles. The van der Waals surface area contributed by atoms with E-state index in [9.17, 15) is 18.3 Å². The van der Waals surface area contributed by atoms with Crippen LogP contribution in [0.4, 0.5) is 0 Å². The van der Waals surface area contributed by atoms with Crippen molar-refractivity contribution in [3.05, 3.63) is 65.4 Å². The number of furan rings is 1. The van der Waals surface area contributed by atoms with Crippen molar-refractivity contribution in [1.82, 2.24) is 4.72 Å².